The molecule has 1 aromatic heterocycles. The zero-order valence-electron chi connectivity index (χ0n) is 17.3. The van der Waals surface area contributed by atoms with Gasteiger partial charge in [0.2, 0.25) is 5.91 Å². The molecule has 148 valence electrons. The van der Waals surface area contributed by atoms with Gasteiger partial charge in [0.05, 0.1) is 5.69 Å². The van der Waals surface area contributed by atoms with Gasteiger partial charge in [0, 0.05) is 34.9 Å². The number of carbonyl (C=O) groups is 1. The molecule has 0 bridgehead atoms. The highest BCUT2D eigenvalue weighted by molar-refractivity contribution is 5.83. The summed E-state index contributed by atoms with van der Waals surface area (Å²) in [5.74, 6) is 1.09. The minimum Gasteiger partial charge on any atom is -0.341 e. The first-order valence-electron chi connectivity index (χ1n) is 10.6. The van der Waals surface area contributed by atoms with Gasteiger partial charge in [-0.1, -0.05) is 40.5 Å². The largest absolute Gasteiger partial charge is 0.341 e. The molecular weight excluding hydrogens is 338 g/mol. The first kappa shape index (κ1) is 18.7. The fraction of sp³-hybridized carbons (Fsp3) is 0.773. The fourth-order valence-corrected chi connectivity index (χ4v) is 5.46. The molecular formula is C22H33N3O2. The maximum atomic E-state index is 13.3. The van der Waals surface area contributed by atoms with E-state index in [1.54, 1.807) is 0 Å². The van der Waals surface area contributed by atoms with Crippen molar-refractivity contribution < 1.29 is 4.79 Å². The lowest BCUT2D eigenvalue weighted by molar-refractivity contribution is -0.143. The van der Waals surface area contributed by atoms with Crippen molar-refractivity contribution in [2.75, 3.05) is 13.1 Å². The molecule has 5 heteroatoms. The molecule has 1 saturated carbocycles. The fourth-order valence-electron chi connectivity index (χ4n) is 5.46. The quantitative estimate of drug-likeness (QED) is 0.822. The number of rotatable bonds is 1. The van der Waals surface area contributed by atoms with Crippen molar-refractivity contribution in [3.8, 4) is 0 Å². The van der Waals surface area contributed by atoms with Crippen LogP contribution in [0.2, 0.25) is 0 Å². The molecule has 27 heavy (non-hydrogen) atoms. The van der Waals surface area contributed by atoms with Crippen LogP contribution in [0.4, 0.5) is 0 Å². The van der Waals surface area contributed by atoms with Crippen LogP contribution in [0.25, 0.3) is 0 Å². The van der Waals surface area contributed by atoms with Gasteiger partial charge in [0.1, 0.15) is 5.82 Å². The molecule has 1 aliphatic heterocycles. The third kappa shape index (κ3) is 3.03. The van der Waals surface area contributed by atoms with Crippen molar-refractivity contribution in [2.45, 2.75) is 89.9 Å². The second kappa shape index (κ2) is 6.18. The van der Waals surface area contributed by atoms with E-state index in [2.05, 4.69) is 37.6 Å². The first-order valence-corrected chi connectivity index (χ1v) is 10.6. The maximum absolute atomic E-state index is 13.3. The predicted octanol–water partition coefficient (Wildman–Crippen LogP) is 3.45. The standard InChI is InChI=1S/C22H33N3O2/c1-20(2,3)18-23-16-15(17(26)24-18)8-12-22(16)11-7-13-25(14-22)19(27)21(4)9-5-6-10-21/h5-14H2,1-4H3,(H,23,24,26). The van der Waals surface area contributed by atoms with Crippen LogP contribution in [0.1, 0.15) is 89.7 Å². The smallest absolute Gasteiger partial charge is 0.254 e. The van der Waals surface area contributed by atoms with Gasteiger partial charge < -0.3 is 9.88 Å². The van der Waals surface area contributed by atoms with Crippen LogP contribution >= 0.6 is 0 Å². The Balaban J connectivity index is 1.68. The molecule has 1 atom stereocenters. The van der Waals surface area contributed by atoms with E-state index in [0.29, 0.717) is 5.91 Å². The summed E-state index contributed by atoms with van der Waals surface area (Å²) < 4.78 is 0. The average molecular weight is 372 g/mol. The van der Waals surface area contributed by atoms with E-state index < -0.39 is 0 Å². The number of aromatic amines is 1. The molecule has 3 aliphatic rings. The number of H-pyrrole nitrogens is 1. The van der Waals surface area contributed by atoms with E-state index >= 15 is 0 Å². The molecule has 0 aromatic carbocycles. The second-order valence-electron chi connectivity index (χ2n) is 10.4. The van der Waals surface area contributed by atoms with Gasteiger partial charge in [-0.2, -0.15) is 0 Å². The lowest BCUT2D eigenvalue weighted by Gasteiger charge is -2.43. The molecule has 1 spiro atoms. The summed E-state index contributed by atoms with van der Waals surface area (Å²) in [5, 5.41) is 0. The van der Waals surface area contributed by atoms with E-state index in [9.17, 15) is 9.59 Å². The number of likely N-dealkylation sites (tertiary alicyclic amines) is 1. The summed E-state index contributed by atoms with van der Waals surface area (Å²) in [4.78, 5) is 36.1. The number of carbonyl (C=O) groups excluding carboxylic acids is 1. The highest BCUT2D eigenvalue weighted by atomic mass is 16.2. The van der Waals surface area contributed by atoms with Crippen LogP contribution in [-0.2, 0) is 22.0 Å². The minimum atomic E-state index is -0.195. The van der Waals surface area contributed by atoms with Crippen LogP contribution in [0, 0.1) is 5.41 Å². The third-order valence-corrected chi connectivity index (χ3v) is 7.17. The molecule has 5 nitrogen and oxygen atoms in total. The number of amides is 1. The van der Waals surface area contributed by atoms with E-state index in [1.807, 2.05) is 0 Å². The summed E-state index contributed by atoms with van der Waals surface area (Å²) in [6.07, 6.45) is 8.09. The zero-order chi connectivity index (χ0) is 19.4. The Morgan fingerprint density at radius 3 is 2.48 bits per heavy atom. The van der Waals surface area contributed by atoms with Crippen LogP contribution < -0.4 is 5.56 Å². The molecule has 1 unspecified atom stereocenters. The van der Waals surface area contributed by atoms with Gasteiger partial charge in [-0.25, -0.2) is 4.98 Å². The van der Waals surface area contributed by atoms with Gasteiger partial charge in [0.25, 0.3) is 5.56 Å². The van der Waals surface area contributed by atoms with Crippen molar-refractivity contribution in [2.24, 2.45) is 5.41 Å². The molecule has 1 saturated heterocycles. The normalized spacial score (nSPS) is 27.2. The maximum Gasteiger partial charge on any atom is 0.254 e. The monoisotopic (exact) mass is 371 g/mol. The van der Waals surface area contributed by atoms with Crippen molar-refractivity contribution >= 4 is 5.91 Å². The summed E-state index contributed by atoms with van der Waals surface area (Å²) >= 11 is 0. The number of nitrogens with zero attached hydrogens (tertiary/aromatic N) is 2. The third-order valence-electron chi connectivity index (χ3n) is 7.17. The first-order chi connectivity index (χ1) is 12.6. The molecule has 2 heterocycles. The molecule has 1 amide bonds. The lowest BCUT2D eigenvalue weighted by atomic mass is 9.76. The van der Waals surface area contributed by atoms with Gasteiger partial charge >= 0.3 is 0 Å². The SMILES string of the molecule is CC1(C(=O)N2CCCC3(CCc4c3nc(C(C)(C)C)[nH]c4=O)C2)CCCC1. The van der Waals surface area contributed by atoms with Crippen LogP contribution in [-0.4, -0.2) is 33.9 Å². The van der Waals surface area contributed by atoms with Crippen LogP contribution in [0.5, 0.6) is 0 Å². The molecule has 0 radical (unpaired) electrons. The Kier molecular flexibility index (Phi) is 4.28. The van der Waals surface area contributed by atoms with Crippen molar-refractivity contribution in [1.82, 2.24) is 14.9 Å². The van der Waals surface area contributed by atoms with Crippen molar-refractivity contribution in [3.63, 3.8) is 0 Å². The molecule has 1 aromatic rings. The number of fused-ring (bicyclic) bond motifs is 2. The topological polar surface area (TPSA) is 66.1 Å². The highest BCUT2D eigenvalue weighted by Gasteiger charge is 2.48. The molecule has 4 rings (SSSR count). The summed E-state index contributed by atoms with van der Waals surface area (Å²) in [5.41, 5.74) is 1.34. The van der Waals surface area contributed by atoms with E-state index in [-0.39, 0.29) is 21.8 Å². The van der Waals surface area contributed by atoms with E-state index in [4.69, 9.17) is 4.98 Å². The Labute approximate surface area is 162 Å². The van der Waals surface area contributed by atoms with Crippen molar-refractivity contribution in [1.29, 1.82) is 0 Å². The Morgan fingerprint density at radius 2 is 1.81 bits per heavy atom. The lowest BCUT2D eigenvalue weighted by Crippen LogP contribution is -2.51. The number of nitrogens with one attached hydrogen (secondary N) is 1. The van der Waals surface area contributed by atoms with Gasteiger partial charge in [-0.15, -0.1) is 0 Å². The number of hydrogen-bond acceptors (Lipinski definition) is 3. The Bertz CT molecular complexity index is 814. The zero-order valence-corrected chi connectivity index (χ0v) is 17.3. The Hall–Kier alpha value is -1.65. The summed E-state index contributed by atoms with van der Waals surface area (Å²) in [6.45, 7) is 9.97. The number of aromatic nitrogens is 2. The Morgan fingerprint density at radius 1 is 1.11 bits per heavy atom. The van der Waals surface area contributed by atoms with Gasteiger partial charge in [0.15, 0.2) is 0 Å². The molecule has 2 fully saturated rings. The number of hydrogen-bond donors (Lipinski definition) is 1. The highest BCUT2D eigenvalue weighted by Crippen LogP contribution is 2.46. The predicted molar refractivity (Wildman–Crippen MR) is 106 cm³/mol. The van der Waals surface area contributed by atoms with E-state index in [1.165, 1.54) is 0 Å². The van der Waals surface area contributed by atoms with E-state index in [0.717, 1.165) is 81.5 Å². The van der Waals surface area contributed by atoms with Crippen LogP contribution in [0.15, 0.2) is 4.79 Å². The van der Waals surface area contributed by atoms with Crippen LogP contribution in [0.3, 0.4) is 0 Å². The molecule has 2 aliphatic carbocycles. The average Bonchev–Trinajstić information content (AvgIpc) is 3.20. The van der Waals surface area contributed by atoms with Gasteiger partial charge in [-0.05, 0) is 38.5 Å². The molecule has 1 N–H and O–H groups in total. The second-order valence-corrected chi connectivity index (χ2v) is 10.4. The van der Waals surface area contributed by atoms with Crippen molar-refractivity contribution in [3.05, 3.63) is 27.4 Å². The minimum absolute atomic E-state index is 0.0213. The summed E-state index contributed by atoms with van der Waals surface area (Å²) in [6, 6.07) is 0. The summed E-state index contributed by atoms with van der Waals surface area (Å²) in [7, 11) is 0. The van der Waals surface area contributed by atoms with Gasteiger partial charge in [-0.3, -0.25) is 9.59 Å². The number of piperidine rings is 1.